The fourth-order valence-corrected chi connectivity index (χ4v) is 2.18. The van der Waals surface area contributed by atoms with E-state index in [4.69, 9.17) is 5.26 Å². The lowest BCUT2D eigenvalue weighted by Crippen LogP contribution is -2.42. The van der Waals surface area contributed by atoms with E-state index in [1.165, 1.54) is 19.3 Å². The Hall–Kier alpha value is -1.29. The predicted octanol–water partition coefficient (Wildman–Crippen LogP) is 4.20. The molecule has 1 unspecified atom stereocenters. The summed E-state index contributed by atoms with van der Waals surface area (Å²) < 4.78 is 0. The van der Waals surface area contributed by atoms with E-state index < -0.39 is 0 Å². The second-order valence-electron chi connectivity index (χ2n) is 5.55. The van der Waals surface area contributed by atoms with Gasteiger partial charge in [0.1, 0.15) is 0 Å². The van der Waals surface area contributed by atoms with Gasteiger partial charge in [-0.05, 0) is 38.0 Å². The second-order valence-corrected chi connectivity index (χ2v) is 5.55. The van der Waals surface area contributed by atoms with Crippen molar-refractivity contribution >= 4 is 29.9 Å². The third-order valence-corrected chi connectivity index (χ3v) is 3.47. The van der Waals surface area contributed by atoms with Crippen LogP contribution in [-0.2, 0) is 6.54 Å². The summed E-state index contributed by atoms with van der Waals surface area (Å²) in [5, 5.41) is 15.5. The van der Waals surface area contributed by atoms with Crippen molar-refractivity contribution in [2.24, 2.45) is 4.99 Å². The highest BCUT2D eigenvalue weighted by Gasteiger charge is 2.04. The maximum absolute atomic E-state index is 8.81. The molecule has 0 aromatic heterocycles. The van der Waals surface area contributed by atoms with Gasteiger partial charge in [-0.25, -0.2) is 4.99 Å². The van der Waals surface area contributed by atoms with Crippen molar-refractivity contribution in [2.45, 2.75) is 59.0 Å². The van der Waals surface area contributed by atoms with E-state index in [0.717, 1.165) is 24.5 Å². The molecule has 0 aliphatic heterocycles. The molecule has 1 rings (SSSR count). The SMILES string of the molecule is CCCCCC(C)NC(=NCc1ccc(C#N)cc1)NCC.I. The highest BCUT2D eigenvalue weighted by atomic mass is 127. The summed E-state index contributed by atoms with van der Waals surface area (Å²) in [6, 6.07) is 10.1. The van der Waals surface area contributed by atoms with Crippen LogP contribution in [-0.4, -0.2) is 18.5 Å². The van der Waals surface area contributed by atoms with Crippen LogP contribution in [0.3, 0.4) is 0 Å². The topological polar surface area (TPSA) is 60.2 Å². The molecule has 0 aliphatic rings. The summed E-state index contributed by atoms with van der Waals surface area (Å²) in [4.78, 5) is 4.62. The van der Waals surface area contributed by atoms with Crippen LogP contribution in [0.5, 0.6) is 0 Å². The molecule has 0 amide bonds. The van der Waals surface area contributed by atoms with E-state index in [1.807, 2.05) is 24.3 Å². The lowest BCUT2D eigenvalue weighted by molar-refractivity contribution is 0.547. The van der Waals surface area contributed by atoms with Crippen molar-refractivity contribution in [3.8, 4) is 6.07 Å². The standard InChI is InChI=1S/C18H28N4.HI/c1-4-6-7-8-15(3)22-18(20-5-2)21-14-17-11-9-16(13-19)10-12-17;/h9-12,15H,4-8,14H2,1-3H3,(H2,20,21,22);1H. The summed E-state index contributed by atoms with van der Waals surface area (Å²) in [7, 11) is 0. The Morgan fingerprint density at radius 3 is 2.48 bits per heavy atom. The second kappa shape index (κ2) is 13.2. The fraction of sp³-hybridized carbons (Fsp3) is 0.556. The molecule has 1 aromatic carbocycles. The highest BCUT2D eigenvalue weighted by Crippen LogP contribution is 2.05. The van der Waals surface area contributed by atoms with Crippen LogP contribution in [0.2, 0.25) is 0 Å². The van der Waals surface area contributed by atoms with Gasteiger partial charge in [-0.1, -0.05) is 38.3 Å². The molecule has 4 nitrogen and oxygen atoms in total. The molecule has 0 saturated carbocycles. The maximum Gasteiger partial charge on any atom is 0.191 e. The zero-order valence-electron chi connectivity index (χ0n) is 14.4. The van der Waals surface area contributed by atoms with Gasteiger partial charge in [0.05, 0.1) is 18.2 Å². The molecule has 1 aromatic rings. The minimum Gasteiger partial charge on any atom is -0.357 e. The van der Waals surface area contributed by atoms with Crippen molar-refractivity contribution in [1.82, 2.24) is 10.6 Å². The number of hydrogen-bond donors (Lipinski definition) is 2. The van der Waals surface area contributed by atoms with E-state index in [2.05, 4.69) is 42.5 Å². The molecule has 1 atom stereocenters. The number of rotatable bonds is 8. The van der Waals surface area contributed by atoms with Crippen LogP contribution in [0.25, 0.3) is 0 Å². The average molecular weight is 428 g/mol. The predicted molar refractivity (Wildman–Crippen MR) is 108 cm³/mol. The Labute approximate surface area is 157 Å². The van der Waals surface area contributed by atoms with E-state index in [9.17, 15) is 0 Å². The summed E-state index contributed by atoms with van der Waals surface area (Å²) in [5.41, 5.74) is 1.79. The summed E-state index contributed by atoms with van der Waals surface area (Å²) in [6.07, 6.45) is 4.94. The molecular weight excluding hydrogens is 399 g/mol. The van der Waals surface area contributed by atoms with Crippen LogP contribution < -0.4 is 10.6 Å². The zero-order valence-corrected chi connectivity index (χ0v) is 16.8. The lowest BCUT2D eigenvalue weighted by Gasteiger charge is -2.17. The minimum absolute atomic E-state index is 0. The van der Waals surface area contributed by atoms with Crippen LogP contribution in [0, 0.1) is 11.3 Å². The van der Waals surface area contributed by atoms with E-state index in [0.29, 0.717) is 18.2 Å². The molecule has 0 fully saturated rings. The Balaban J connectivity index is 0.00000484. The van der Waals surface area contributed by atoms with Crippen LogP contribution in [0.4, 0.5) is 0 Å². The molecule has 23 heavy (non-hydrogen) atoms. The van der Waals surface area contributed by atoms with Crippen molar-refractivity contribution in [1.29, 1.82) is 5.26 Å². The molecule has 0 bridgehead atoms. The van der Waals surface area contributed by atoms with Gasteiger partial charge in [0.15, 0.2) is 5.96 Å². The first-order valence-corrected chi connectivity index (χ1v) is 8.23. The Kier molecular flexibility index (Phi) is 12.4. The number of unbranched alkanes of at least 4 members (excludes halogenated alkanes) is 2. The molecule has 0 radical (unpaired) electrons. The number of nitrogens with one attached hydrogen (secondary N) is 2. The summed E-state index contributed by atoms with van der Waals surface area (Å²) >= 11 is 0. The Bertz CT molecular complexity index is 491. The molecule has 0 saturated heterocycles. The Morgan fingerprint density at radius 2 is 1.91 bits per heavy atom. The fourth-order valence-electron chi connectivity index (χ4n) is 2.18. The van der Waals surface area contributed by atoms with E-state index >= 15 is 0 Å². The minimum atomic E-state index is 0. The van der Waals surface area contributed by atoms with E-state index in [1.54, 1.807) is 0 Å². The van der Waals surface area contributed by atoms with Gasteiger partial charge in [0, 0.05) is 12.6 Å². The lowest BCUT2D eigenvalue weighted by atomic mass is 10.1. The zero-order chi connectivity index (χ0) is 16.2. The molecule has 128 valence electrons. The van der Waals surface area contributed by atoms with Crippen molar-refractivity contribution in [3.05, 3.63) is 35.4 Å². The van der Waals surface area contributed by atoms with Crippen LogP contribution >= 0.6 is 24.0 Å². The molecule has 0 aliphatic carbocycles. The van der Waals surface area contributed by atoms with Gasteiger partial charge in [0.2, 0.25) is 0 Å². The van der Waals surface area contributed by atoms with Crippen LogP contribution in [0.15, 0.2) is 29.3 Å². The molecule has 0 spiro atoms. The van der Waals surface area contributed by atoms with Gasteiger partial charge in [-0.15, -0.1) is 24.0 Å². The first-order valence-electron chi connectivity index (χ1n) is 8.23. The third kappa shape index (κ3) is 9.44. The maximum atomic E-state index is 8.81. The molecule has 2 N–H and O–H groups in total. The number of benzene rings is 1. The molecule has 0 heterocycles. The Morgan fingerprint density at radius 1 is 1.22 bits per heavy atom. The summed E-state index contributed by atoms with van der Waals surface area (Å²) in [6.45, 7) is 7.95. The van der Waals surface area contributed by atoms with Crippen molar-refractivity contribution < 1.29 is 0 Å². The van der Waals surface area contributed by atoms with Crippen molar-refractivity contribution in [3.63, 3.8) is 0 Å². The number of guanidine groups is 1. The third-order valence-electron chi connectivity index (χ3n) is 3.47. The molecular formula is C18H29IN4. The largest absolute Gasteiger partial charge is 0.357 e. The highest BCUT2D eigenvalue weighted by molar-refractivity contribution is 14.0. The smallest absolute Gasteiger partial charge is 0.191 e. The van der Waals surface area contributed by atoms with Crippen LogP contribution in [0.1, 0.15) is 57.6 Å². The van der Waals surface area contributed by atoms with Gasteiger partial charge in [0.25, 0.3) is 0 Å². The number of hydrogen-bond acceptors (Lipinski definition) is 2. The average Bonchev–Trinajstić information content (AvgIpc) is 2.53. The first kappa shape index (κ1) is 21.7. The van der Waals surface area contributed by atoms with Gasteiger partial charge in [-0.2, -0.15) is 5.26 Å². The van der Waals surface area contributed by atoms with Crippen molar-refractivity contribution in [2.75, 3.05) is 6.54 Å². The van der Waals surface area contributed by atoms with Gasteiger partial charge in [-0.3, -0.25) is 0 Å². The van der Waals surface area contributed by atoms with E-state index in [-0.39, 0.29) is 24.0 Å². The first-order chi connectivity index (χ1) is 10.7. The normalized spacial score (nSPS) is 12.0. The number of nitriles is 1. The quantitative estimate of drug-likeness (QED) is 0.282. The molecule has 5 heteroatoms. The summed E-state index contributed by atoms with van der Waals surface area (Å²) in [5.74, 6) is 0.857. The van der Waals surface area contributed by atoms with Gasteiger partial charge >= 0.3 is 0 Å². The van der Waals surface area contributed by atoms with Gasteiger partial charge < -0.3 is 10.6 Å². The monoisotopic (exact) mass is 428 g/mol. The number of halogens is 1. The number of aliphatic imine (C=N–C) groups is 1. The number of nitrogens with zero attached hydrogens (tertiary/aromatic N) is 2.